The lowest BCUT2D eigenvalue weighted by molar-refractivity contribution is -0.385. The van der Waals surface area contributed by atoms with Gasteiger partial charge in [-0.15, -0.1) is 0 Å². The highest BCUT2D eigenvalue weighted by atomic mass is 16.6. The number of aromatic nitrogens is 2. The van der Waals surface area contributed by atoms with Crippen molar-refractivity contribution in [2.45, 2.75) is 13.3 Å². The van der Waals surface area contributed by atoms with E-state index in [1.807, 2.05) is 4.90 Å². The summed E-state index contributed by atoms with van der Waals surface area (Å²) in [5.41, 5.74) is -0.849. The Balaban J connectivity index is 1.49. The van der Waals surface area contributed by atoms with Crippen LogP contribution in [0.1, 0.15) is 23.7 Å². The van der Waals surface area contributed by atoms with Gasteiger partial charge in [-0.05, 0) is 25.5 Å². The number of nitro benzene ring substituents is 1. The highest BCUT2D eigenvalue weighted by Crippen LogP contribution is 2.24. The van der Waals surface area contributed by atoms with Crippen LogP contribution < -0.4 is 20.9 Å². The minimum absolute atomic E-state index is 0.0359. The largest absolute Gasteiger partial charge is 0.494 e. The predicted octanol–water partition coefficient (Wildman–Crippen LogP) is 0.786. The first-order chi connectivity index (χ1) is 15.2. The van der Waals surface area contributed by atoms with Crippen LogP contribution in [0.2, 0.25) is 0 Å². The second-order valence-corrected chi connectivity index (χ2v) is 7.76. The van der Waals surface area contributed by atoms with Gasteiger partial charge in [0.15, 0.2) is 5.78 Å². The highest BCUT2D eigenvalue weighted by Gasteiger charge is 2.21. The maximum atomic E-state index is 12.1. The van der Waals surface area contributed by atoms with Crippen molar-refractivity contribution in [3.63, 3.8) is 0 Å². The number of nitrogens with zero attached hydrogens (tertiary/aromatic N) is 5. The van der Waals surface area contributed by atoms with Crippen molar-refractivity contribution in [1.29, 1.82) is 0 Å². The Morgan fingerprint density at radius 2 is 1.78 bits per heavy atom. The highest BCUT2D eigenvalue weighted by molar-refractivity contribution is 5.98. The summed E-state index contributed by atoms with van der Waals surface area (Å²) >= 11 is 0. The van der Waals surface area contributed by atoms with Crippen LogP contribution in [-0.2, 0) is 14.1 Å². The smallest absolute Gasteiger partial charge is 0.332 e. The summed E-state index contributed by atoms with van der Waals surface area (Å²) in [6.45, 7) is 5.48. The number of nitro groups is 1. The van der Waals surface area contributed by atoms with E-state index in [4.69, 9.17) is 4.74 Å². The van der Waals surface area contributed by atoms with E-state index in [0.717, 1.165) is 30.6 Å². The number of hydrogen-bond donors (Lipinski definition) is 0. The number of carbonyl (C=O) groups is 1. The van der Waals surface area contributed by atoms with Crippen LogP contribution in [0.3, 0.4) is 0 Å². The van der Waals surface area contributed by atoms with E-state index in [9.17, 15) is 24.5 Å². The Hall–Kier alpha value is -3.47. The first-order valence-corrected chi connectivity index (χ1v) is 10.4. The topological polar surface area (TPSA) is 120 Å². The Morgan fingerprint density at radius 1 is 1.09 bits per heavy atom. The van der Waals surface area contributed by atoms with Crippen molar-refractivity contribution in [2.24, 2.45) is 14.1 Å². The number of hydrogen-bond acceptors (Lipinski definition) is 8. The SMILES string of the molecule is CC(=O)c1cc(OCCCN2CCN(c3cc(=O)n(C)c(=O)n3C)CC2)ccc1[N+](=O)[O-]. The zero-order valence-corrected chi connectivity index (χ0v) is 18.4. The number of ketones is 1. The Morgan fingerprint density at radius 3 is 2.41 bits per heavy atom. The van der Waals surface area contributed by atoms with E-state index in [1.165, 1.54) is 42.8 Å². The molecule has 0 N–H and O–H groups in total. The molecule has 3 rings (SSSR count). The average Bonchev–Trinajstić information content (AvgIpc) is 2.78. The molecule has 1 aliphatic heterocycles. The minimum atomic E-state index is -0.578. The van der Waals surface area contributed by atoms with Crippen LogP contribution in [0.15, 0.2) is 33.9 Å². The van der Waals surface area contributed by atoms with E-state index in [-0.39, 0.29) is 28.3 Å². The molecule has 172 valence electrons. The molecule has 2 heterocycles. The van der Waals surface area contributed by atoms with E-state index in [0.29, 0.717) is 31.3 Å². The lowest BCUT2D eigenvalue weighted by atomic mass is 10.1. The second kappa shape index (κ2) is 9.77. The minimum Gasteiger partial charge on any atom is -0.494 e. The first-order valence-electron chi connectivity index (χ1n) is 10.4. The van der Waals surface area contributed by atoms with Gasteiger partial charge < -0.3 is 9.64 Å². The van der Waals surface area contributed by atoms with E-state index >= 15 is 0 Å². The van der Waals surface area contributed by atoms with E-state index in [2.05, 4.69) is 4.90 Å². The fourth-order valence-electron chi connectivity index (χ4n) is 3.75. The molecule has 0 saturated carbocycles. The summed E-state index contributed by atoms with van der Waals surface area (Å²) in [7, 11) is 3.13. The number of rotatable bonds is 8. The molecule has 0 aliphatic carbocycles. The van der Waals surface area contributed by atoms with Crippen LogP contribution in [0.5, 0.6) is 5.75 Å². The molecular weight excluding hydrogens is 418 g/mol. The number of Topliss-reactive ketones (excluding diaryl/α,β-unsaturated/α-hetero) is 1. The molecule has 0 unspecified atom stereocenters. The van der Waals surface area contributed by atoms with Gasteiger partial charge >= 0.3 is 5.69 Å². The maximum absolute atomic E-state index is 12.1. The summed E-state index contributed by atoms with van der Waals surface area (Å²) in [5.74, 6) is 0.673. The van der Waals surface area contributed by atoms with Crippen molar-refractivity contribution in [3.05, 3.63) is 60.8 Å². The van der Waals surface area contributed by atoms with Crippen LogP contribution >= 0.6 is 0 Å². The van der Waals surface area contributed by atoms with Crippen molar-refractivity contribution in [1.82, 2.24) is 14.0 Å². The standard InChI is InChI=1S/C21H27N5O6/c1-15(27)17-13-16(5-6-18(17)26(30)31)32-12-4-7-24-8-10-25(11-9-24)19-14-20(28)23(3)21(29)22(19)2/h5-6,13-14H,4,7-12H2,1-3H3. The first kappa shape index (κ1) is 23.2. The molecule has 2 aromatic rings. The van der Waals surface area contributed by atoms with Crippen molar-refractivity contribution in [3.8, 4) is 5.75 Å². The molecule has 1 aliphatic rings. The zero-order chi connectivity index (χ0) is 23.4. The van der Waals surface area contributed by atoms with Crippen LogP contribution in [0.25, 0.3) is 0 Å². The summed E-state index contributed by atoms with van der Waals surface area (Å²) in [6.07, 6.45) is 0.747. The van der Waals surface area contributed by atoms with Gasteiger partial charge in [-0.2, -0.15) is 0 Å². The number of benzene rings is 1. The molecule has 11 nitrogen and oxygen atoms in total. The Kier molecular flexibility index (Phi) is 7.08. The van der Waals surface area contributed by atoms with Gasteiger partial charge in [-0.3, -0.25) is 33.7 Å². The molecule has 11 heteroatoms. The molecule has 0 spiro atoms. The van der Waals surface area contributed by atoms with Crippen molar-refractivity contribution >= 4 is 17.3 Å². The van der Waals surface area contributed by atoms with Gasteiger partial charge in [0.25, 0.3) is 11.2 Å². The van der Waals surface area contributed by atoms with Crippen LogP contribution in [-0.4, -0.2) is 64.1 Å². The summed E-state index contributed by atoms with van der Waals surface area (Å²) in [5, 5.41) is 11.0. The third kappa shape index (κ3) is 5.05. The summed E-state index contributed by atoms with van der Waals surface area (Å²) in [6, 6.07) is 5.69. The number of piperazine rings is 1. The molecule has 0 amide bonds. The molecule has 1 aromatic heterocycles. The number of carbonyl (C=O) groups excluding carboxylic acids is 1. The normalized spacial score (nSPS) is 14.4. The molecule has 1 fully saturated rings. The third-order valence-electron chi connectivity index (χ3n) is 5.63. The fourth-order valence-corrected chi connectivity index (χ4v) is 3.75. The molecule has 1 aromatic carbocycles. The molecule has 0 radical (unpaired) electrons. The average molecular weight is 445 g/mol. The Labute approximate surface area is 184 Å². The van der Waals surface area contributed by atoms with Crippen LogP contribution in [0.4, 0.5) is 11.5 Å². The third-order valence-corrected chi connectivity index (χ3v) is 5.63. The van der Waals surface area contributed by atoms with Gasteiger partial charge in [0.2, 0.25) is 0 Å². The number of ether oxygens (including phenoxy) is 1. The van der Waals surface area contributed by atoms with Gasteiger partial charge in [0.05, 0.1) is 17.1 Å². The lowest BCUT2D eigenvalue weighted by Gasteiger charge is -2.36. The van der Waals surface area contributed by atoms with Gasteiger partial charge in [0.1, 0.15) is 11.6 Å². The van der Waals surface area contributed by atoms with E-state index in [1.54, 1.807) is 7.05 Å². The second-order valence-electron chi connectivity index (χ2n) is 7.76. The Bertz CT molecular complexity index is 1130. The lowest BCUT2D eigenvalue weighted by Crippen LogP contribution is -2.49. The quantitative estimate of drug-likeness (QED) is 0.253. The maximum Gasteiger partial charge on any atom is 0.332 e. The van der Waals surface area contributed by atoms with Crippen molar-refractivity contribution < 1.29 is 14.5 Å². The van der Waals surface area contributed by atoms with Crippen molar-refractivity contribution in [2.75, 3.05) is 44.2 Å². The predicted molar refractivity (Wildman–Crippen MR) is 119 cm³/mol. The van der Waals surface area contributed by atoms with E-state index < -0.39 is 4.92 Å². The molecule has 32 heavy (non-hydrogen) atoms. The number of anilines is 1. The summed E-state index contributed by atoms with van der Waals surface area (Å²) in [4.78, 5) is 50.5. The van der Waals surface area contributed by atoms with Gasteiger partial charge in [-0.1, -0.05) is 0 Å². The zero-order valence-electron chi connectivity index (χ0n) is 18.4. The van der Waals surface area contributed by atoms with Gasteiger partial charge in [0, 0.05) is 59.0 Å². The molecule has 1 saturated heterocycles. The van der Waals surface area contributed by atoms with Crippen LogP contribution in [0, 0.1) is 10.1 Å². The fraction of sp³-hybridized carbons (Fsp3) is 0.476. The van der Waals surface area contributed by atoms with Gasteiger partial charge in [-0.25, -0.2) is 4.79 Å². The molecule has 0 atom stereocenters. The summed E-state index contributed by atoms with van der Waals surface area (Å²) < 4.78 is 8.26. The monoisotopic (exact) mass is 445 g/mol. The molecule has 0 bridgehead atoms. The molecular formula is C21H27N5O6.